The number of nitrogens with zero attached hydrogens (tertiary/aromatic N) is 2. The summed E-state index contributed by atoms with van der Waals surface area (Å²) in [7, 11) is 1.91. The second-order valence-electron chi connectivity index (χ2n) is 4.19. The molecule has 0 saturated carbocycles. The van der Waals surface area contributed by atoms with Crippen molar-refractivity contribution in [2.24, 2.45) is 0 Å². The molecule has 0 bridgehead atoms. The van der Waals surface area contributed by atoms with Crippen molar-refractivity contribution in [1.82, 2.24) is 4.98 Å². The third-order valence-electron chi connectivity index (χ3n) is 2.62. The molecule has 0 aliphatic heterocycles. The lowest BCUT2D eigenvalue weighted by Gasteiger charge is -2.15. The highest BCUT2D eigenvalue weighted by Gasteiger charge is 2.16. The molecular formula is C13H13BrN2O2S. The molecule has 0 unspecified atom stereocenters. The lowest BCUT2D eigenvalue weighted by Crippen LogP contribution is -2.16. The van der Waals surface area contributed by atoms with Crippen LogP contribution in [0, 0.1) is 6.92 Å². The van der Waals surface area contributed by atoms with Crippen molar-refractivity contribution in [3.63, 3.8) is 0 Å². The van der Waals surface area contributed by atoms with Gasteiger partial charge in [-0.05, 0) is 24.6 Å². The number of anilines is 1. The van der Waals surface area contributed by atoms with E-state index in [1.807, 2.05) is 36.2 Å². The molecule has 2 rings (SSSR count). The Balaban J connectivity index is 2.18. The van der Waals surface area contributed by atoms with Gasteiger partial charge in [0.2, 0.25) is 0 Å². The Bertz CT molecular complexity index is 612. The summed E-state index contributed by atoms with van der Waals surface area (Å²) >= 11 is 4.83. The fourth-order valence-corrected chi connectivity index (χ4v) is 3.03. The minimum absolute atomic E-state index is 0.140. The van der Waals surface area contributed by atoms with Crippen LogP contribution >= 0.6 is 27.3 Å². The largest absolute Gasteiger partial charge is 0.476 e. The maximum absolute atomic E-state index is 11.0. The zero-order valence-corrected chi connectivity index (χ0v) is 13.0. The first-order valence-corrected chi connectivity index (χ1v) is 7.24. The highest BCUT2D eigenvalue weighted by Crippen LogP contribution is 2.26. The average molecular weight is 341 g/mol. The number of rotatable bonds is 4. The van der Waals surface area contributed by atoms with Crippen LogP contribution in [-0.4, -0.2) is 23.1 Å². The molecular weight excluding hydrogens is 328 g/mol. The molecule has 2 aromatic rings. The van der Waals surface area contributed by atoms with E-state index in [1.54, 1.807) is 6.92 Å². The molecule has 0 aliphatic carbocycles. The highest BCUT2D eigenvalue weighted by molar-refractivity contribution is 9.10. The Labute approximate surface area is 123 Å². The van der Waals surface area contributed by atoms with Crippen LogP contribution in [0.1, 0.15) is 20.9 Å². The number of thiazole rings is 1. The van der Waals surface area contributed by atoms with Crippen molar-refractivity contribution < 1.29 is 9.90 Å². The summed E-state index contributed by atoms with van der Waals surface area (Å²) in [6.45, 7) is 2.46. The monoisotopic (exact) mass is 340 g/mol. The molecule has 6 heteroatoms. The van der Waals surface area contributed by atoms with Crippen molar-refractivity contribution in [3.8, 4) is 0 Å². The predicted molar refractivity (Wildman–Crippen MR) is 80.1 cm³/mol. The molecule has 19 heavy (non-hydrogen) atoms. The fraction of sp³-hybridized carbons (Fsp3) is 0.231. The van der Waals surface area contributed by atoms with E-state index < -0.39 is 5.97 Å². The Kier molecular flexibility index (Phi) is 4.21. The van der Waals surface area contributed by atoms with Gasteiger partial charge in [0.25, 0.3) is 0 Å². The van der Waals surface area contributed by atoms with E-state index in [2.05, 4.69) is 20.9 Å². The number of carboxylic acid groups (broad SMARTS) is 1. The van der Waals surface area contributed by atoms with E-state index in [0.717, 1.165) is 20.0 Å². The van der Waals surface area contributed by atoms with Crippen molar-refractivity contribution >= 4 is 38.4 Å². The minimum Gasteiger partial charge on any atom is -0.476 e. The smallest absolute Gasteiger partial charge is 0.355 e. The van der Waals surface area contributed by atoms with E-state index in [-0.39, 0.29) is 5.69 Å². The Morgan fingerprint density at radius 1 is 1.53 bits per heavy atom. The second kappa shape index (κ2) is 5.71. The van der Waals surface area contributed by atoms with Crippen LogP contribution in [0.25, 0.3) is 0 Å². The van der Waals surface area contributed by atoms with Gasteiger partial charge in [-0.25, -0.2) is 9.78 Å². The molecule has 0 radical (unpaired) electrons. The van der Waals surface area contributed by atoms with Crippen LogP contribution in [-0.2, 0) is 6.54 Å². The van der Waals surface area contributed by atoms with Gasteiger partial charge in [-0.3, -0.25) is 0 Å². The summed E-state index contributed by atoms with van der Waals surface area (Å²) in [5.41, 5.74) is 1.28. The predicted octanol–water partition coefficient (Wildman–Crippen LogP) is 3.55. The standard InChI is InChI=1S/C13H13BrN2O2S/c1-8-11(12(17)18)15-13(19-8)16(2)7-9-4-3-5-10(14)6-9/h3-6H,7H2,1-2H3,(H,17,18). The number of aromatic carboxylic acids is 1. The van der Waals surface area contributed by atoms with Crippen LogP contribution in [0.15, 0.2) is 28.7 Å². The van der Waals surface area contributed by atoms with Gasteiger partial charge >= 0.3 is 5.97 Å². The number of aromatic nitrogens is 1. The summed E-state index contributed by atoms with van der Waals surface area (Å²) in [6, 6.07) is 8.01. The number of carbonyl (C=O) groups is 1. The first-order valence-electron chi connectivity index (χ1n) is 5.63. The molecule has 0 atom stereocenters. The summed E-state index contributed by atoms with van der Waals surface area (Å²) < 4.78 is 1.03. The van der Waals surface area contributed by atoms with Crippen LogP contribution < -0.4 is 4.90 Å². The number of hydrogen-bond donors (Lipinski definition) is 1. The molecule has 1 aromatic carbocycles. The molecule has 0 saturated heterocycles. The van der Waals surface area contributed by atoms with Crippen LogP contribution in [0.5, 0.6) is 0 Å². The van der Waals surface area contributed by atoms with Crippen LogP contribution in [0.3, 0.4) is 0 Å². The zero-order chi connectivity index (χ0) is 14.0. The molecule has 0 spiro atoms. The van der Waals surface area contributed by atoms with E-state index >= 15 is 0 Å². The number of hydrogen-bond acceptors (Lipinski definition) is 4. The SMILES string of the molecule is Cc1sc(N(C)Cc2cccc(Br)c2)nc1C(=O)O. The Hall–Kier alpha value is -1.40. The van der Waals surface area contributed by atoms with Crippen LogP contribution in [0.4, 0.5) is 5.13 Å². The molecule has 0 aliphatic rings. The lowest BCUT2D eigenvalue weighted by molar-refractivity contribution is 0.0690. The van der Waals surface area contributed by atoms with Gasteiger partial charge in [-0.15, -0.1) is 11.3 Å². The molecule has 4 nitrogen and oxygen atoms in total. The van der Waals surface area contributed by atoms with Crippen molar-refractivity contribution in [3.05, 3.63) is 44.9 Å². The molecule has 1 N–H and O–H groups in total. The first-order chi connectivity index (χ1) is 8.97. The molecule has 1 heterocycles. The Morgan fingerprint density at radius 3 is 2.84 bits per heavy atom. The fourth-order valence-electron chi connectivity index (χ4n) is 1.72. The summed E-state index contributed by atoms with van der Waals surface area (Å²) in [5, 5.41) is 9.72. The van der Waals surface area contributed by atoms with Gasteiger partial charge in [0.15, 0.2) is 10.8 Å². The Morgan fingerprint density at radius 2 is 2.26 bits per heavy atom. The quantitative estimate of drug-likeness (QED) is 0.924. The maximum Gasteiger partial charge on any atom is 0.355 e. The van der Waals surface area contributed by atoms with Crippen molar-refractivity contribution in [1.29, 1.82) is 0 Å². The highest BCUT2D eigenvalue weighted by atomic mass is 79.9. The minimum atomic E-state index is -0.976. The third-order valence-corrected chi connectivity index (χ3v) is 4.20. The normalized spacial score (nSPS) is 10.5. The number of halogens is 1. The van der Waals surface area contributed by atoms with E-state index in [0.29, 0.717) is 6.54 Å². The summed E-state index contributed by atoms with van der Waals surface area (Å²) in [4.78, 5) is 17.8. The zero-order valence-electron chi connectivity index (χ0n) is 10.6. The molecule has 100 valence electrons. The van der Waals surface area contributed by atoms with Gasteiger partial charge < -0.3 is 10.0 Å². The summed E-state index contributed by atoms with van der Waals surface area (Å²) in [6.07, 6.45) is 0. The average Bonchev–Trinajstić information content (AvgIpc) is 2.71. The van der Waals surface area contributed by atoms with Gasteiger partial charge in [-0.1, -0.05) is 28.1 Å². The number of carboxylic acids is 1. The van der Waals surface area contributed by atoms with Gasteiger partial charge in [0.05, 0.1) is 0 Å². The van der Waals surface area contributed by atoms with Gasteiger partial charge in [0, 0.05) is 22.9 Å². The van der Waals surface area contributed by atoms with Crippen molar-refractivity contribution in [2.75, 3.05) is 11.9 Å². The van der Waals surface area contributed by atoms with E-state index in [9.17, 15) is 4.79 Å². The van der Waals surface area contributed by atoms with Gasteiger partial charge in [0.1, 0.15) is 0 Å². The number of aryl methyl sites for hydroxylation is 1. The lowest BCUT2D eigenvalue weighted by atomic mass is 10.2. The molecule has 1 aromatic heterocycles. The summed E-state index contributed by atoms with van der Waals surface area (Å²) in [5.74, 6) is -0.976. The molecule has 0 amide bonds. The third kappa shape index (κ3) is 3.33. The maximum atomic E-state index is 11.0. The van der Waals surface area contributed by atoms with Crippen LogP contribution in [0.2, 0.25) is 0 Å². The number of benzene rings is 1. The van der Waals surface area contributed by atoms with Gasteiger partial charge in [-0.2, -0.15) is 0 Å². The van der Waals surface area contributed by atoms with E-state index in [1.165, 1.54) is 11.3 Å². The second-order valence-corrected chi connectivity index (χ2v) is 6.29. The molecule has 0 fully saturated rings. The van der Waals surface area contributed by atoms with Crippen molar-refractivity contribution in [2.45, 2.75) is 13.5 Å². The first kappa shape index (κ1) is 14.0. The van der Waals surface area contributed by atoms with E-state index in [4.69, 9.17) is 5.11 Å². The topological polar surface area (TPSA) is 53.4 Å².